The summed E-state index contributed by atoms with van der Waals surface area (Å²) in [7, 11) is 0. The second-order valence-corrected chi connectivity index (χ2v) is 5.61. The zero-order valence-electron chi connectivity index (χ0n) is 14.9. The highest BCUT2D eigenvalue weighted by molar-refractivity contribution is 5.98. The van der Waals surface area contributed by atoms with Crippen LogP contribution in [0.4, 0.5) is 5.69 Å². The average molecular weight is 371 g/mol. The topological polar surface area (TPSA) is 102 Å². The molecule has 0 fully saturated rings. The molecule has 2 aromatic rings. The molecule has 0 aliphatic rings. The lowest BCUT2D eigenvalue weighted by Gasteiger charge is -2.08. The van der Waals surface area contributed by atoms with E-state index in [2.05, 4.69) is 5.32 Å². The molecular weight excluding hydrogens is 350 g/mol. The number of ketones is 1. The van der Waals surface area contributed by atoms with E-state index in [1.165, 1.54) is 18.2 Å². The molecule has 142 valence electrons. The van der Waals surface area contributed by atoms with Crippen molar-refractivity contribution in [2.24, 2.45) is 0 Å². The Morgan fingerprint density at radius 3 is 2.48 bits per heavy atom. The van der Waals surface area contributed by atoms with Gasteiger partial charge in [0.15, 0.2) is 23.9 Å². The van der Waals surface area contributed by atoms with Crippen LogP contribution in [-0.4, -0.2) is 36.0 Å². The lowest BCUT2D eigenvalue weighted by molar-refractivity contribution is -0.147. The fraction of sp³-hybridized carbons (Fsp3) is 0.250. The monoisotopic (exact) mass is 371 g/mol. The molecule has 0 saturated heterocycles. The average Bonchev–Trinajstić information content (AvgIpc) is 2.67. The van der Waals surface area contributed by atoms with Gasteiger partial charge in [0, 0.05) is 17.7 Å². The highest BCUT2D eigenvalue weighted by Gasteiger charge is 2.14. The number of para-hydroxylation sites is 1. The van der Waals surface area contributed by atoms with E-state index < -0.39 is 18.5 Å². The fourth-order valence-electron chi connectivity index (χ4n) is 2.26. The van der Waals surface area contributed by atoms with Crippen LogP contribution in [-0.2, 0) is 14.3 Å². The first-order chi connectivity index (χ1) is 13.0. The number of esters is 1. The van der Waals surface area contributed by atoms with Crippen molar-refractivity contribution in [2.45, 2.75) is 19.8 Å². The highest BCUT2D eigenvalue weighted by atomic mass is 16.5. The van der Waals surface area contributed by atoms with Gasteiger partial charge in [-0.1, -0.05) is 18.2 Å². The Balaban J connectivity index is 1.77. The van der Waals surface area contributed by atoms with Crippen LogP contribution in [0.1, 0.15) is 30.1 Å². The van der Waals surface area contributed by atoms with Gasteiger partial charge in [-0.2, -0.15) is 0 Å². The first kappa shape index (κ1) is 20.0. The minimum Gasteiger partial charge on any atom is -0.504 e. The Kier molecular flexibility index (Phi) is 7.37. The highest BCUT2D eigenvalue weighted by Crippen LogP contribution is 2.27. The largest absolute Gasteiger partial charge is 0.504 e. The number of carbonyl (C=O) groups is 3. The molecule has 0 unspecified atom stereocenters. The van der Waals surface area contributed by atoms with Crippen LogP contribution < -0.4 is 10.1 Å². The van der Waals surface area contributed by atoms with Crippen LogP contribution in [0.2, 0.25) is 0 Å². The number of phenolic OH excluding ortho intramolecular Hbond substituents is 1. The van der Waals surface area contributed by atoms with Gasteiger partial charge < -0.3 is 19.9 Å². The molecular formula is C20H21NO6. The number of aromatic hydroxyl groups is 1. The van der Waals surface area contributed by atoms with Crippen LogP contribution in [0.3, 0.4) is 0 Å². The lowest BCUT2D eigenvalue weighted by Crippen LogP contribution is -2.21. The van der Waals surface area contributed by atoms with Crippen molar-refractivity contribution in [1.82, 2.24) is 0 Å². The van der Waals surface area contributed by atoms with Crippen LogP contribution in [0.25, 0.3) is 0 Å². The molecule has 0 aliphatic heterocycles. The second-order valence-electron chi connectivity index (χ2n) is 5.61. The Hall–Kier alpha value is -3.35. The molecule has 2 rings (SSSR count). The minimum absolute atomic E-state index is 0.0581. The van der Waals surface area contributed by atoms with Crippen molar-refractivity contribution in [3.8, 4) is 11.5 Å². The number of rotatable bonds is 9. The van der Waals surface area contributed by atoms with E-state index in [0.29, 0.717) is 17.9 Å². The zero-order chi connectivity index (χ0) is 19.6. The molecule has 0 aliphatic carbocycles. The van der Waals surface area contributed by atoms with Crippen molar-refractivity contribution in [2.75, 3.05) is 18.5 Å². The van der Waals surface area contributed by atoms with Crippen LogP contribution >= 0.6 is 0 Å². The van der Waals surface area contributed by atoms with Crippen molar-refractivity contribution in [3.05, 3.63) is 54.1 Å². The van der Waals surface area contributed by atoms with Gasteiger partial charge in [0.25, 0.3) is 5.91 Å². The van der Waals surface area contributed by atoms with Gasteiger partial charge in [-0.05, 0) is 37.3 Å². The van der Waals surface area contributed by atoms with E-state index in [-0.39, 0.29) is 30.1 Å². The lowest BCUT2D eigenvalue weighted by atomic mass is 10.1. The molecule has 0 saturated carbocycles. The van der Waals surface area contributed by atoms with Crippen LogP contribution in [0.15, 0.2) is 48.5 Å². The van der Waals surface area contributed by atoms with Crippen molar-refractivity contribution in [1.29, 1.82) is 0 Å². The van der Waals surface area contributed by atoms with Gasteiger partial charge in [-0.15, -0.1) is 0 Å². The molecule has 0 radical (unpaired) electrons. The zero-order valence-corrected chi connectivity index (χ0v) is 14.9. The number of nitrogens with one attached hydrogen (secondary N) is 1. The molecule has 7 nitrogen and oxygen atoms in total. The smallest absolute Gasteiger partial charge is 0.306 e. The first-order valence-electron chi connectivity index (χ1n) is 8.49. The number of Topliss-reactive ketones (excluding diaryl/α,β-unsaturated/α-hetero) is 1. The van der Waals surface area contributed by atoms with E-state index in [1.54, 1.807) is 31.2 Å². The second kappa shape index (κ2) is 9.96. The first-order valence-corrected chi connectivity index (χ1v) is 8.49. The summed E-state index contributed by atoms with van der Waals surface area (Å²) in [5, 5.41) is 12.2. The Bertz CT molecular complexity index is 803. The molecule has 0 atom stereocenters. The summed E-state index contributed by atoms with van der Waals surface area (Å²) in [4.78, 5) is 35.6. The van der Waals surface area contributed by atoms with Crippen molar-refractivity contribution >= 4 is 23.3 Å². The summed E-state index contributed by atoms with van der Waals surface area (Å²) >= 11 is 0. The number of hydrogen-bond acceptors (Lipinski definition) is 6. The normalized spacial score (nSPS) is 10.1. The molecule has 1 amide bonds. The molecule has 0 heterocycles. The number of phenols is 1. The summed E-state index contributed by atoms with van der Waals surface area (Å²) in [6, 6.07) is 13.0. The Morgan fingerprint density at radius 1 is 1.04 bits per heavy atom. The van der Waals surface area contributed by atoms with Crippen LogP contribution in [0, 0.1) is 0 Å². The standard InChI is InChI=1S/C20H21NO6/c1-2-26-18-12-14(8-9-17(18)23)16(22)10-11-20(25)27-13-19(24)21-15-6-4-3-5-7-15/h3-9,12,23H,2,10-11,13H2,1H3,(H,21,24). The maximum atomic E-state index is 12.2. The number of benzene rings is 2. The van der Waals surface area contributed by atoms with Gasteiger partial charge in [-0.25, -0.2) is 0 Å². The number of ether oxygens (including phenoxy) is 2. The molecule has 0 bridgehead atoms. The Morgan fingerprint density at radius 2 is 1.78 bits per heavy atom. The predicted octanol–water partition coefficient (Wildman–Crippen LogP) is 2.94. The van der Waals surface area contributed by atoms with Gasteiger partial charge in [-0.3, -0.25) is 14.4 Å². The summed E-state index contributed by atoms with van der Waals surface area (Å²) in [5.74, 6) is -1.24. The third kappa shape index (κ3) is 6.47. The van der Waals surface area contributed by atoms with Gasteiger partial charge in [0.2, 0.25) is 0 Å². The molecule has 7 heteroatoms. The quantitative estimate of drug-likeness (QED) is 0.519. The van der Waals surface area contributed by atoms with Crippen molar-refractivity contribution in [3.63, 3.8) is 0 Å². The number of anilines is 1. The molecule has 2 N–H and O–H groups in total. The van der Waals surface area contributed by atoms with E-state index >= 15 is 0 Å². The third-order valence-electron chi connectivity index (χ3n) is 3.56. The number of carbonyl (C=O) groups excluding carboxylic acids is 3. The minimum atomic E-state index is -0.643. The fourth-order valence-corrected chi connectivity index (χ4v) is 2.26. The van der Waals surface area contributed by atoms with E-state index in [0.717, 1.165) is 0 Å². The summed E-state index contributed by atoms with van der Waals surface area (Å²) in [6.07, 6.45) is -0.224. The Labute approximate surface area is 156 Å². The van der Waals surface area contributed by atoms with Crippen LogP contribution in [0.5, 0.6) is 11.5 Å². The van der Waals surface area contributed by atoms with Gasteiger partial charge in [0.05, 0.1) is 13.0 Å². The summed E-state index contributed by atoms with van der Waals surface area (Å²) in [5.41, 5.74) is 0.928. The SMILES string of the molecule is CCOc1cc(C(=O)CCC(=O)OCC(=O)Nc2ccccc2)ccc1O. The maximum Gasteiger partial charge on any atom is 0.306 e. The molecule has 2 aromatic carbocycles. The molecule has 0 aromatic heterocycles. The number of hydrogen-bond donors (Lipinski definition) is 2. The van der Waals surface area contributed by atoms with Gasteiger partial charge >= 0.3 is 5.97 Å². The summed E-state index contributed by atoms with van der Waals surface area (Å²) < 4.78 is 10.1. The van der Waals surface area contributed by atoms with Crippen molar-refractivity contribution < 1.29 is 29.0 Å². The van der Waals surface area contributed by atoms with E-state index in [1.807, 2.05) is 6.07 Å². The van der Waals surface area contributed by atoms with E-state index in [9.17, 15) is 19.5 Å². The molecule has 27 heavy (non-hydrogen) atoms. The third-order valence-corrected chi connectivity index (χ3v) is 3.56. The summed E-state index contributed by atoms with van der Waals surface area (Å²) in [6.45, 7) is 1.69. The van der Waals surface area contributed by atoms with Gasteiger partial charge in [0.1, 0.15) is 0 Å². The molecule has 0 spiro atoms. The van der Waals surface area contributed by atoms with E-state index in [4.69, 9.17) is 9.47 Å². The predicted molar refractivity (Wildman–Crippen MR) is 98.9 cm³/mol. The maximum absolute atomic E-state index is 12.2. The number of amides is 1.